The summed E-state index contributed by atoms with van der Waals surface area (Å²) in [5.41, 5.74) is -0.811. The van der Waals surface area contributed by atoms with Gasteiger partial charge in [0, 0.05) is 12.5 Å². The Hall–Kier alpha value is -1.26. The average Bonchev–Trinajstić information content (AvgIpc) is 2.07. The van der Waals surface area contributed by atoms with Gasteiger partial charge in [0.2, 0.25) is 0 Å². The van der Waals surface area contributed by atoms with E-state index < -0.39 is 17.7 Å². The summed E-state index contributed by atoms with van der Waals surface area (Å²) in [6, 6.07) is -0.265. The first-order valence-corrected chi connectivity index (χ1v) is 6.54. The molecule has 0 radical (unpaired) electrons. The molecule has 0 aromatic heterocycles. The number of carbonyl (C=O) groups excluding carboxylic acids is 1. The van der Waals surface area contributed by atoms with Crippen molar-refractivity contribution in [2.45, 2.75) is 66.5 Å². The summed E-state index contributed by atoms with van der Waals surface area (Å²) in [6.45, 7) is 13.1. The Morgan fingerprint density at radius 1 is 1.16 bits per heavy atom. The molecule has 0 saturated heterocycles. The van der Waals surface area contributed by atoms with Gasteiger partial charge in [0.15, 0.2) is 0 Å². The third-order valence-electron chi connectivity index (χ3n) is 2.67. The molecule has 0 aromatic rings. The van der Waals surface area contributed by atoms with E-state index in [0.29, 0.717) is 0 Å². The highest BCUT2D eigenvalue weighted by molar-refractivity contribution is 5.69. The molecule has 112 valence electrons. The van der Waals surface area contributed by atoms with E-state index >= 15 is 0 Å². The van der Waals surface area contributed by atoms with Crippen molar-refractivity contribution in [1.82, 2.24) is 5.32 Å². The van der Waals surface area contributed by atoms with Crippen molar-refractivity contribution in [3.8, 4) is 0 Å². The van der Waals surface area contributed by atoms with Crippen LogP contribution in [0, 0.1) is 11.3 Å². The number of carboxylic acids is 1. The Morgan fingerprint density at radius 2 is 1.63 bits per heavy atom. The van der Waals surface area contributed by atoms with Crippen LogP contribution in [0.4, 0.5) is 4.79 Å². The van der Waals surface area contributed by atoms with E-state index in [0.717, 1.165) is 0 Å². The van der Waals surface area contributed by atoms with E-state index in [9.17, 15) is 9.59 Å². The molecule has 5 nitrogen and oxygen atoms in total. The van der Waals surface area contributed by atoms with Crippen molar-refractivity contribution in [1.29, 1.82) is 0 Å². The van der Waals surface area contributed by atoms with Gasteiger partial charge < -0.3 is 15.2 Å². The van der Waals surface area contributed by atoms with E-state index in [1.807, 2.05) is 27.7 Å². The largest absolute Gasteiger partial charge is 0.481 e. The standard InChI is InChI=1S/C14H27NO4/c1-9(8-10(16)17)11(13(2,3)4)15-12(18)19-14(5,6)7/h9,11H,8H2,1-7H3,(H,15,18)(H,16,17). The number of carbonyl (C=O) groups is 2. The molecular weight excluding hydrogens is 246 g/mol. The van der Waals surface area contributed by atoms with Crippen molar-refractivity contribution in [2.24, 2.45) is 11.3 Å². The van der Waals surface area contributed by atoms with E-state index in [1.54, 1.807) is 20.8 Å². The minimum Gasteiger partial charge on any atom is -0.481 e. The number of aliphatic carboxylic acids is 1. The van der Waals surface area contributed by atoms with Crippen LogP contribution >= 0.6 is 0 Å². The normalized spacial score (nSPS) is 15.5. The van der Waals surface area contributed by atoms with Gasteiger partial charge in [-0.25, -0.2) is 4.79 Å². The van der Waals surface area contributed by atoms with Crippen molar-refractivity contribution < 1.29 is 19.4 Å². The van der Waals surface area contributed by atoms with Gasteiger partial charge in [-0.1, -0.05) is 27.7 Å². The SMILES string of the molecule is CC(CC(=O)O)C(NC(=O)OC(C)(C)C)C(C)(C)C. The predicted molar refractivity (Wildman–Crippen MR) is 74.0 cm³/mol. The number of rotatable bonds is 4. The Kier molecular flexibility index (Phi) is 5.84. The second-order valence-electron chi connectivity index (χ2n) is 7.07. The Labute approximate surface area is 115 Å². The van der Waals surface area contributed by atoms with Gasteiger partial charge in [-0.05, 0) is 32.1 Å². The van der Waals surface area contributed by atoms with E-state index in [-0.39, 0.29) is 23.8 Å². The molecule has 0 aliphatic carbocycles. The van der Waals surface area contributed by atoms with Gasteiger partial charge >= 0.3 is 12.1 Å². The Morgan fingerprint density at radius 3 is 1.95 bits per heavy atom. The topological polar surface area (TPSA) is 75.6 Å². The van der Waals surface area contributed by atoms with Crippen LogP contribution in [-0.2, 0) is 9.53 Å². The first-order chi connectivity index (χ1) is 8.33. The second kappa shape index (κ2) is 6.26. The molecule has 19 heavy (non-hydrogen) atoms. The zero-order valence-electron chi connectivity index (χ0n) is 13.0. The third-order valence-corrected chi connectivity index (χ3v) is 2.67. The maximum absolute atomic E-state index is 11.8. The fraction of sp³-hybridized carbons (Fsp3) is 0.857. The van der Waals surface area contributed by atoms with Crippen molar-refractivity contribution in [2.75, 3.05) is 0 Å². The zero-order valence-corrected chi connectivity index (χ0v) is 13.0. The highest BCUT2D eigenvalue weighted by Crippen LogP contribution is 2.27. The number of nitrogens with one attached hydrogen (secondary N) is 1. The monoisotopic (exact) mass is 273 g/mol. The Bertz CT molecular complexity index is 325. The van der Waals surface area contributed by atoms with Crippen molar-refractivity contribution in [3.63, 3.8) is 0 Å². The molecule has 0 heterocycles. The molecule has 0 aromatic carbocycles. The smallest absolute Gasteiger partial charge is 0.407 e. The first-order valence-electron chi connectivity index (χ1n) is 6.54. The van der Waals surface area contributed by atoms with E-state index in [4.69, 9.17) is 9.84 Å². The molecule has 0 fully saturated rings. The summed E-state index contributed by atoms with van der Waals surface area (Å²) < 4.78 is 5.22. The molecule has 0 aliphatic rings. The maximum atomic E-state index is 11.8. The third kappa shape index (κ3) is 7.70. The Balaban J connectivity index is 4.80. The number of amides is 1. The van der Waals surface area contributed by atoms with Crippen LogP contribution in [0.5, 0.6) is 0 Å². The molecule has 1 amide bonds. The van der Waals surface area contributed by atoms with Crippen molar-refractivity contribution in [3.05, 3.63) is 0 Å². The van der Waals surface area contributed by atoms with Gasteiger partial charge in [0.25, 0.3) is 0 Å². The van der Waals surface area contributed by atoms with Crippen LogP contribution < -0.4 is 5.32 Å². The zero-order chi connectivity index (χ0) is 15.4. The number of carboxylic acid groups (broad SMARTS) is 1. The fourth-order valence-electron chi connectivity index (χ4n) is 2.04. The predicted octanol–water partition coefficient (Wildman–Crippen LogP) is 3.04. The first kappa shape index (κ1) is 17.7. The summed E-state index contributed by atoms with van der Waals surface area (Å²) in [5.74, 6) is -1.04. The lowest BCUT2D eigenvalue weighted by molar-refractivity contribution is -0.138. The molecular formula is C14H27NO4. The quantitative estimate of drug-likeness (QED) is 0.825. The number of hydrogen-bond acceptors (Lipinski definition) is 3. The number of alkyl carbamates (subject to hydrolysis) is 1. The molecule has 0 rings (SSSR count). The average molecular weight is 273 g/mol. The van der Waals surface area contributed by atoms with Crippen LogP contribution in [0.2, 0.25) is 0 Å². The van der Waals surface area contributed by atoms with Gasteiger partial charge in [-0.15, -0.1) is 0 Å². The number of hydrogen-bond donors (Lipinski definition) is 2. The van der Waals surface area contributed by atoms with Crippen LogP contribution in [0.15, 0.2) is 0 Å². The summed E-state index contributed by atoms with van der Waals surface area (Å²) in [6.07, 6.45) is -0.498. The lowest BCUT2D eigenvalue weighted by Gasteiger charge is -2.36. The maximum Gasteiger partial charge on any atom is 0.407 e. The van der Waals surface area contributed by atoms with Gasteiger partial charge in [-0.2, -0.15) is 0 Å². The van der Waals surface area contributed by atoms with Crippen molar-refractivity contribution >= 4 is 12.1 Å². The van der Waals surface area contributed by atoms with Crippen LogP contribution in [0.1, 0.15) is 54.9 Å². The minimum absolute atomic E-state index is 0.0116. The summed E-state index contributed by atoms with van der Waals surface area (Å²) in [5, 5.41) is 11.7. The number of ether oxygens (including phenoxy) is 1. The molecule has 2 atom stereocenters. The fourth-order valence-corrected chi connectivity index (χ4v) is 2.04. The summed E-state index contributed by atoms with van der Waals surface area (Å²) in [4.78, 5) is 22.6. The molecule has 2 N–H and O–H groups in total. The summed E-state index contributed by atoms with van der Waals surface area (Å²) >= 11 is 0. The van der Waals surface area contributed by atoms with Gasteiger partial charge in [0.1, 0.15) is 5.60 Å². The molecule has 2 unspecified atom stereocenters. The molecule has 0 aliphatic heterocycles. The molecule has 5 heteroatoms. The highest BCUT2D eigenvalue weighted by Gasteiger charge is 2.33. The summed E-state index contributed by atoms with van der Waals surface area (Å²) in [7, 11) is 0. The van der Waals surface area contributed by atoms with Crippen LogP contribution in [0.25, 0.3) is 0 Å². The van der Waals surface area contributed by atoms with Gasteiger partial charge in [0.05, 0.1) is 0 Å². The lowest BCUT2D eigenvalue weighted by atomic mass is 9.78. The highest BCUT2D eigenvalue weighted by atomic mass is 16.6. The lowest BCUT2D eigenvalue weighted by Crippen LogP contribution is -2.49. The molecule has 0 spiro atoms. The van der Waals surface area contributed by atoms with Gasteiger partial charge in [-0.3, -0.25) is 4.79 Å². The van der Waals surface area contributed by atoms with E-state index in [1.165, 1.54) is 0 Å². The molecule has 0 saturated carbocycles. The van der Waals surface area contributed by atoms with Crippen LogP contribution in [-0.4, -0.2) is 28.8 Å². The van der Waals surface area contributed by atoms with Crippen LogP contribution in [0.3, 0.4) is 0 Å². The molecule has 0 bridgehead atoms. The minimum atomic E-state index is -0.868. The second-order valence-corrected chi connectivity index (χ2v) is 7.07. The van der Waals surface area contributed by atoms with E-state index in [2.05, 4.69) is 5.32 Å².